The van der Waals surface area contributed by atoms with Gasteiger partial charge in [0.2, 0.25) is 0 Å². The Morgan fingerprint density at radius 1 is 1.04 bits per heavy atom. The van der Waals surface area contributed by atoms with Gasteiger partial charge in [0, 0.05) is 20.6 Å². The average Bonchev–Trinajstić information content (AvgIpc) is 2.89. The summed E-state index contributed by atoms with van der Waals surface area (Å²) in [6.45, 7) is 2.00. The van der Waals surface area contributed by atoms with Gasteiger partial charge in [0.15, 0.2) is 5.13 Å². The zero-order valence-corrected chi connectivity index (χ0v) is 14.7. The van der Waals surface area contributed by atoms with Crippen molar-refractivity contribution in [3.8, 4) is 11.3 Å². The fourth-order valence-corrected chi connectivity index (χ4v) is 3.20. The van der Waals surface area contributed by atoms with E-state index in [-0.39, 0.29) is 6.03 Å². The van der Waals surface area contributed by atoms with Gasteiger partial charge in [-0.25, -0.2) is 9.78 Å². The molecule has 2 aromatic carbocycles. The number of aryl methyl sites for hydroxylation is 1. The fraction of sp³-hybridized carbons (Fsp3) is 0.0588. The molecule has 1 aromatic heterocycles. The van der Waals surface area contributed by atoms with Crippen molar-refractivity contribution in [2.75, 3.05) is 10.6 Å². The summed E-state index contributed by atoms with van der Waals surface area (Å²) in [5.74, 6) is 0. The number of nitrogens with one attached hydrogen (secondary N) is 2. The van der Waals surface area contributed by atoms with Crippen LogP contribution in [-0.4, -0.2) is 11.0 Å². The molecule has 1 heterocycles. The van der Waals surface area contributed by atoms with Crippen molar-refractivity contribution in [1.29, 1.82) is 0 Å². The standard InChI is InChI=1S/C17H14BrN3OS/c1-11-15(12-7-9-13(18)10-8-12)20-17(23-11)21-16(22)19-14-5-3-2-4-6-14/h2-10H,1H3,(H2,19,20,21,22). The van der Waals surface area contributed by atoms with Gasteiger partial charge in [-0.1, -0.05) is 46.3 Å². The summed E-state index contributed by atoms with van der Waals surface area (Å²) in [5, 5.41) is 6.14. The van der Waals surface area contributed by atoms with Gasteiger partial charge in [0.1, 0.15) is 0 Å². The number of urea groups is 1. The molecule has 4 nitrogen and oxygen atoms in total. The summed E-state index contributed by atoms with van der Waals surface area (Å²) in [5.41, 5.74) is 2.65. The number of benzene rings is 2. The zero-order chi connectivity index (χ0) is 16.2. The quantitative estimate of drug-likeness (QED) is 0.620. The van der Waals surface area contributed by atoms with Crippen LogP contribution < -0.4 is 10.6 Å². The largest absolute Gasteiger partial charge is 0.325 e. The van der Waals surface area contributed by atoms with E-state index in [1.165, 1.54) is 11.3 Å². The van der Waals surface area contributed by atoms with Crippen molar-refractivity contribution in [2.45, 2.75) is 6.92 Å². The Bertz CT molecular complexity index is 816. The summed E-state index contributed by atoms with van der Waals surface area (Å²) < 4.78 is 1.02. The molecule has 3 aromatic rings. The fourth-order valence-electron chi connectivity index (χ4n) is 2.11. The van der Waals surface area contributed by atoms with Crippen LogP contribution in [-0.2, 0) is 0 Å². The van der Waals surface area contributed by atoms with Crippen LogP contribution in [0.25, 0.3) is 11.3 Å². The molecule has 2 N–H and O–H groups in total. The molecule has 0 radical (unpaired) electrons. The summed E-state index contributed by atoms with van der Waals surface area (Å²) in [4.78, 5) is 17.6. The first kappa shape index (κ1) is 15.7. The van der Waals surface area contributed by atoms with Crippen molar-refractivity contribution < 1.29 is 4.79 Å². The topological polar surface area (TPSA) is 54.0 Å². The summed E-state index contributed by atoms with van der Waals surface area (Å²) in [6.07, 6.45) is 0. The molecule has 0 spiro atoms. The van der Waals surface area contributed by atoms with Gasteiger partial charge in [0.05, 0.1) is 5.69 Å². The van der Waals surface area contributed by atoms with Gasteiger partial charge in [-0.05, 0) is 31.2 Å². The van der Waals surface area contributed by atoms with E-state index in [0.29, 0.717) is 5.13 Å². The lowest BCUT2D eigenvalue weighted by molar-refractivity contribution is 0.262. The first-order chi connectivity index (χ1) is 11.1. The van der Waals surface area contributed by atoms with Crippen LogP contribution in [0.4, 0.5) is 15.6 Å². The predicted molar refractivity (Wildman–Crippen MR) is 99.1 cm³/mol. The van der Waals surface area contributed by atoms with Crippen molar-refractivity contribution in [1.82, 2.24) is 4.98 Å². The average molecular weight is 388 g/mol. The Kier molecular flexibility index (Phi) is 4.73. The zero-order valence-electron chi connectivity index (χ0n) is 12.3. The number of nitrogens with zero attached hydrogens (tertiary/aromatic N) is 1. The molecule has 0 atom stereocenters. The molecule has 0 fully saturated rings. The number of para-hydroxylation sites is 1. The van der Waals surface area contributed by atoms with E-state index in [4.69, 9.17) is 0 Å². The van der Waals surface area contributed by atoms with E-state index in [9.17, 15) is 4.79 Å². The summed E-state index contributed by atoms with van der Waals surface area (Å²) in [6, 6.07) is 17.0. The summed E-state index contributed by atoms with van der Waals surface area (Å²) >= 11 is 4.88. The van der Waals surface area contributed by atoms with Gasteiger partial charge in [-0.2, -0.15) is 0 Å². The van der Waals surface area contributed by atoms with Crippen LogP contribution in [0.1, 0.15) is 4.88 Å². The first-order valence-corrected chi connectivity index (χ1v) is 8.59. The Morgan fingerprint density at radius 2 is 1.74 bits per heavy atom. The number of anilines is 2. The second-order valence-electron chi connectivity index (χ2n) is 4.88. The molecule has 23 heavy (non-hydrogen) atoms. The molecule has 2 amide bonds. The maximum Gasteiger partial charge on any atom is 0.325 e. The SMILES string of the molecule is Cc1sc(NC(=O)Nc2ccccc2)nc1-c1ccc(Br)cc1. The maximum atomic E-state index is 12.0. The third kappa shape index (κ3) is 3.97. The summed E-state index contributed by atoms with van der Waals surface area (Å²) in [7, 11) is 0. The smallest absolute Gasteiger partial charge is 0.308 e. The van der Waals surface area contributed by atoms with Crippen molar-refractivity contribution in [3.63, 3.8) is 0 Å². The van der Waals surface area contributed by atoms with Gasteiger partial charge in [0.25, 0.3) is 0 Å². The predicted octanol–water partition coefficient (Wildman–Crippen LogP) is 5.53. The molecule has 6 heteroatoms. The number of halogens is 1. The monoisotopic (exact) mass is 387 g/mol. The van der Waals surface area contributed by atoms with Crippen LogP contribution in [0.2, 0.25) is 0 Å². The van der Waals surface area contributed by atoms with Gasteiger partial charge in [-0.15, -0.1) is 11.3 Å². The number of hydrogen-bond acceptors (Lipinski definition) is 3. The lowest BCUT2D eigenvalue weighted by atomic mass is 10.1. The number of hydrogen-bond donors (Lipinski definition) is 2. The van der Waals surface area contributed by atoms with Gasteiger partial charge < -0.3 is 5.32 Å². The van der Waals surface area contributed by atoms with E-state index >= 15 is 0 Å². The molecule has 3 rings (SSSR count). The molecular weight excluding hydrogens is 374 g/mol. The van der Waals surface area contributed by atoms with Gasteiger partial charge in [-0.3, -0.25) is 5.32 Å². The van der Waals surface area contributed by atoms with Crippen LogP contribution >= 0.6 is 27.3 Å². The molecule has 0 saturated carbocycles. The Hall–Kier alpha value is -2.18. The molecule has 0 saturated heterocycles. The number of carbonyl (C=O) groups excluding carboxylic acids is 1. The molecule has 0 aliphatic heterocycles. The second kappa shape index (κ2) is 6.93. The second-order valence-corrected chi connectivity index (χ2v) is 6.99. The maximum absolute atomic E-state index is 12.0. The normalized spacial score (nSPS) is 10.3. The molecule has 0 aliphatic carbocycles. The minimum atomic E-state index is -0.299. The molecule has 116 valence electrons. The first-order valence-electron chi connectivity index (χ1n) is 6.98. The number of rotatable bonds is 3. The van der Waals surface area contributed by atoms with Crippen molar-refractivity contribution in [2.24, 2.45) is 0 Å². The molecule has 0 unspecified atom stereocenters. The Balaban J connectivity index is 1.73. The lowest BCUT2D eigenvalue weighted by Crippen LogP contribution is -2.19. The van der Waals surface area contributed by atoms with Crippen molar-refractivity contribution >= 4 is 44.1 Å². The Morgan fingerprint density at radius 3 is 2.43 bits per heavy atom. The molecule has 0 bridgehead atoms. The van der Waals surface area contributed by atoms with E-state index in [0.717, 1.165) is 26.3 Å². The van der Waals surface area contributed by atoms with E-state index in [1.807, 2.05) is 61.5 Å². The molecular formula is C17H14BrN3OS. The van der Waals surface area contributed by atoms with Crippen LogP contribution in [0.15, 0.2) is 59.1 Å². The van der Waals surface area contributed by atoms with Gasteiger partial charge >= 0.3 is 6.03 Å². The third-order valence-electron chi connectivity index (χ3n) is 3.17. The number of amides is 2. The number of carbonyl (C=O) groups is 1. The van der Waals surface area contributed by atoms with Crippen molar-refractivity contribution in [3.05, 3.63) is 63.9 Å². The lowest BCUT2D eigenvalue weighted by Gasteiger charge is -2.04. The molecule has 0 aliphatic rings. The van der Waals surface area contributed by atoms with E-state index < -0.39 is 0 Å². The highest BCUT2D eigenvalue weighted by Gasteiger charge is 2.12. The van der Waals surface area contributed by atoms with Crippen LogP contribution in [0, 0.1) is 6.92 Å². The van der Waals surface area contributed by atoms with E-state index in [1.54, 1.807) is 0 Å². The minimum absolute atomic E-state index is 0.299. The number of aromatic nitrogens is 1. The Labute approximate surface area is 146 Å². The minimum Gasteiger partial charge on any atom is -0.308 e. The highest BCUT2D eigenvalue weighted by atomic mass is 79.9. The third-order valence-corrected chi connectivity index (χ3v) is 4.58. The number of thiazole rings is 1. The van der Waals surface area contributed by atoms with Crippen LogP contribution in [0.5, 0.6) is 0 Å². The highest BCUT2D eigenvalue weighted by molar-refractivity contribution is 9.10. The van der Waals surface area contributed by atoms with E-state index in [2.05, 4.69) is 31.5 Å². The highest BCUT2D eigenvalue weighted by Crippen LogP contribution is 2.31. The van der Waals surface area contributed by atoms with Crippen LogP contribution in [0.3, 0.4) is 0 Å².